The predicted molar refractivity (Wildman–Crippen MR) is 67.3 cm³/mol. The van der Waals surface area contributed by atoms with E-state index in [0.717, 1.165) is 0 Å². The van der Waals surface area contributed by atoms with Gasteiger partial charge in [0.1, 0.15) is 0 Å². The molecule has 15 heavy (non-hydrogen) atoms. The van der Waals surface area contributed by atoms with Crippen molar-refractivity contribution >= 4 is 0 Å². The van der Waals surface area contributed by atoms with Crippen LogP contribution in [0.3, 0.4) is 0 Å². The summed E-state index contributed by atoms with van der Waals surface area (Å²) in [4.78, 5) is 2.65. The zero-order chi connectivity index (χ0) is 11.1. The molecule has 0 radical (unpaired) electrons. The average molecular weight is 212 g/mol. The van der Waals surface area contributed by atoms with Crippen LogP contribution in [0.25, 0.3) is 0 Å². The molecule has 0 aromatic carbocycles. The van der Waals surface area contributed by atoms with Gasteiger partial charge in [0, 0.05) is 5.54 Å². The third-order valence-corrected chi connectivity index (χ3v) is 3.26. The second-order valence-electron chi connectivity index (χ2n) is 5.68. The molecule has 1 aliphatic heterocycles. The second kappa shape index (κ2) is 6.49. The first-order chi connectivity index (χ1) is 7.11. The Bertz CT molecular complexity index is 148. The highest BCUT2D eigenvalue weighted by molar-refractivity contribution is 4.76. The topological polar surface area (TPSA) is 15.3 Å². The Morgan fingerprint density at radius 3 is 1.93 bits per heavy atom. The van der Waals surface area contributed by atoms with Crippen molar-refractivity contribution in [3.05, 3.63) is 0 Å². The summed E-state index contributed by atoms with van der Waals surface area (Å²) in [6, 6.07) is 0. The van der Waals surface area contributed by atoms with Crippen LogP contribution >= 0.6 is 0 Å². The summed E-state index contributed by atoms with van der Waals surface area (Å²) in [6.07, 6.45) is 6.74. The van der Waals surface area contributed by atoms with Gasteiger partial charge in [-0.25, -0.2) is 0 Å². The smallest absolute Gasteiger partial charge is 0.0125 e. The molecule has 2 nitrogen and oxygen atoms in total. The Labute approximate surface area is 95.4 Å². The standard InChI is InChI=1S/C13H28N2/c1-13(2,3)15-11-7-4-5-9-14-10-6-8-12-15/h14H,4-12H2,1-3H3. The van der Waals surface area contributed by atoms with Gasteiger partial charge >= 0.3 is 0 Å². The molecular formula is C13H28N2. The van der Waals surface area contributed by atoms with Crippen molar-refractivity contribution in [1.82, 2.24) is 10.2 Å². The minimum absolute atomic E-state index is 0.349. The van der Waals surface area contributed by atoms with Gasteiger partial charge in [0.05, 0.1) is 0 Å². The summed E-state index contributed by atoms with van der Waals surface area (Å²) in [6.45, 7) is 12.0. The van der Waals surface area contributed by atoms with Gasteiger partial charge in [-0.1, -0.05) is 6.42 Å². The van der Waals surface area contributed by atoms with Crippen LogP contribution < -0.4 is 5.32 Å². The van der Waals surface area contributed by atoms with Crippen LogP contribution in [0.2, 0.25) is 0 Å². The van der Waals surface area contributed by atoms with Crippen molar-refractivity contribution < 1.29 is 0 Å². The van der Waals surface area contributed by atoms with Gasteiger partial charge < -0.3 is 5.32 Å². The predicted octanol–water partition coefficient (Wildman–Crippen LogP) is 2.64. The molecule has 90 valence electrons. The molecule has 1 rings (SSSR count). The summed E-state index contributed by atoms with van der Waals surface area (Å²) < 4.78 is 0. The first-order valence-corrected chi connectivity index (χ1v) is 6.56. The van der Waals surface area contributed by atoms with Crippen molar-refractivity contribution in [1.29, 1.82) is 0 Å². The van der Waals surface area contributed by atoms with Gasteiger partial charge in [0.2, 0.25) is 0 Å². The third-order valence-electron chi connectivity index (χ3n) is 3.26. The van der Waals surface area contributed by atoms with E-state index in [0.29, 0.717) is 5.54 Å². The van der Waals surface area contributed by atoms with Crippen molar-refractivity contribution in [3.63, 3.8) is 0 Å². The maximum Gasteiger partial charge on any atom is 0.0125 e. The third kappa shape index (κ3) is 5.53. The molecule has 0 aliphatic carbocycles. The number of rotatable bonds is 0. The van der Waals surface area contributed by atoms with E-state index in [1.807, 2.05) is 0 Å². The van der Waals surface area contributed by atoms with Crippen LogP contribution in [0, 0.1) is 0 Å². The van der Waals surface area contributed by atoms with Crippen LogP contribution in [0.15, 0.2) is 0 Å². The van der Waals surface area contributed by atoms with Crippen molar-refractivity contribution in [2.75, 3.05) is 26.2 Å². The first kappa shape index (κ1) is 13.0. The highest BCUT2D eigenvalue weighted by Crippen LogP contribution is 2.15. The number of hydrogen-bond donors (Lipinski definition) is 1. The quantitative estimate of drug-likeness (QED) is 0.664. The molecular weight excluding hydrogens is 184 g/mol. The first-order valence-electron chi connectivity index (χ1n) is 6.56. The van der Waals surface area contributed by atoms with Crippen LogP contribution in [0.4, 0.5) is 0 Å². The lowest BCUT2D eigenvalue weighted by Crippen LogP contribution is -2.42. The fourth-order valence-corrected chi connectivity index (χ4v) is 2.19. The Hall–Kier alpha value is -0.0800. The molecule has 0 saturated carbocycles. The van der Waals surface area contributed by atoms with Gasteiger partial charge in [-0.05, 0) is 72.6 Å². The molecule has 1 saturated heterocycles. The van der Waals surface area contributed by atoms with Gasteiger partial charge in [-0.15, -0.1) is 0 Å². The Kier molecular flexibility index (Phi) is 5.62. The molecule has 1 N–H and O–H groups in total. The molecule has 0 aromatic rings. The van der Waals surface area contributed by atoms with E-state index in [9.17, 15) is 0 Å². The van der Waals surface area contributed by atoms with Crippen LogP contribution in [-0.2, 0) is 0 Å². The van der Waals surface area contributed by atoms with E-state index in [2.05, 4.69) is 31.0 Å². The van der Waals surface area contributed by atoms with Gasteiger partial charge in [-0.3, -0.25) is 4.90 Å². The molecule has 1 aliphatic rings. The summed E-state index contributed by atoms with van der Waals surface area (Å²) in [5.41, 5.74) is 0.349. The monoisotopic (exact) mass is 212 g/mol. The van der Waals surface area contributed by atoms with E-state index >= 15 is 0 Å². The second-order valence-corrected chi connectivity index (χ2v) is 5.68. The SMILES string of the molecule is CC(C)(C)N1CCCCCNCCCC1. The zero-order valence-corrected chi connectivity index (χ0v) is 10.8. The minimum Gasteiger partial charge on any atom is -0.317 e. The number of hydrogen-bond acceptors (Lipinski definition) is 2. The maximum absolute atomic E-state index is 3.52. The molecule has 0 bridgehead atoms. The minimum atomic E-state index is 0.349. The highest BCUT2D eigenvalue weighted by Gasteiger charge is 2.19. The lowest BCUT2D eigenvalue weighted by atomic mass is 10.0. The van der Waals surface area contributed by atoms with Crippen LogP contribution in [0.1, 0.15) is 52.9 Å². The number of nitrogens with one attached hydrogen (secondary N) is 1. The lowest BCUT2D eigenvalue weighted by molar-refractivity contribution is 0.132. The Balaban J connectivity index is 2.39. The lowest BCUT2D eigenvalue weighted by Gasteiger charge is -2.35. The largest absolute Gasteiger partial charge is 0.317 e. The summed E-state index contributed by atoms with van der Waals surface area (Å²) in [5.74, 6) is 0. The summed E-state index contributed by atoms with van der Waals surface area (Å²) >= 11 is 0. The van der Waals surface area contributed by atoms with Gasteiger partial charge in [-0.2, -0.15) is 0 Å². The molecule has 0 spiro atoms. The van der Waals surface area contributed by atoms with E-state index in [-0.39, 0.29) is 0 Å². The van der Waals surface area contributed by atoms with Gasteiger partial charge in [0.15, 0.2) is 0 Å². The van der Waals surface area contributed by atoms with E-state index in [1.54, 1.807) is 0 Å². The van der Waals surface area contributed by atoms with E-state index < -0.39 is 0 Å². The molecule has 1 heterocycles. The molecule has 0 atom stereocenters. The summed E-state index contributed by atoms with van der Waals surface area (Å²) in [7, 11) is 0. The molecule has 2 heteroatoms. The van der Waals surface area contributed by atoms with E-state index in [4.69, 9.17) is 0 Å². The number of nitrogens with zero attached hydrogens (tertiary/aromatic N) is 1. The molecule has 0 aromatic heterocycles. The Morgan fingerprint density at radius 1 is 0.800 bits per heavy atom. The highest BCUT2D eigenvalue weighted by atomic mass is 15.2. The van der Waals surface area contributed by atoms with Gasteiger partial charge in [0.25, 0.3) is 0 Å². The van der Waals surface area contributed by atoms with Crippen molar-refractivity contribution in [2.45, 2.75) is 58.4 Å². The maximum atomic E-state index is 3.52. The fraction of sp³-hybridized carbons (Fsp3) is 1.00. The van der Waals surface area contributed by atoms with Crippen LogP contribution in [0.5, 0.6) is 0 Å². The average Bonchev–Trinajstić information content (AvgIpc) is 2.20. The van der Waals surface area contributed by atoms with Crippen molar-refractivity contribution in [2.24, 2.45) is 0 Å². The summed E-state index contributed by atoms with van der Waals surface area (Å²) in [5, 5.41) is 3.52. The molecule has 1 fully saturated rings. The molecule has 0 unspecified atom stereocenters. The van der Waals surface area contributed by atoms with Crippen LogP contribution in [-0.4, -0.2) is 36.6 Å². The van der Waals surface area contributed by atoms with Crippen molar-refractivity contribution in [3.8, 4) is 0 Å². The normalized spacial score (nSPS) is 23.4. The molecule has 0 amide bonds. The Morgan fingerprint density at radius 2 is 1.33 bits per heavy atom. The fourth-order valence-electron chi connectivity index (χ4n) is 2.19. The van der Waals surface area contributed by atoms with E-state index in [1.165, 1.54) is 58.3 Å². The zero-order valence-electron chi connectivity index (χ0n) is 10.8.